The van der Waals surface area contributed by atoms with E-state index in [-0.39, 0.29) is 12.0 Å². The Bertz CT molecular complexity index is 510. The van der Waals surface area contributed by atoms with E-state index in [1.165, 1.54) is 14.2 Å². The van der Waals surface area contributed by atoms with Crippen LogP contribution in [0.3, 0.4) is 0 Å². The zero-order chi connectivity index (χ0) is 16.5. The van der Waals surface area contributed by atoms with Gasteiger partial charge in [-0.25, -0.2) is 0 Å². The molecule has 0 aliphatic carbocycles. The Kier molecular flexibility index (Phi) is 6.67. The first kappa shape index (κ1) is 17.3. The molecule has 2 N–H and O–H groups in total. The molecule has 2 rings (SSSR count). The summed E-state index contributed by atoms with van der Waals surface area (Å²) in [6.45, 7) is 3.57. The van der Waals surface area contributed by atoms with E-state index in [9.17, 15) is 0 Å². The highest BCUT2D eigenvalue weighted by Crippen LogP contribution is 2.07. The molecule has 0 atom stereocenters. The fourth-order valence-corrected chi connectivity index (χ4v) is 1.32. The zero-order valence-electron chi connectivity index (χ0n) is 13.5. The Morgan fingerprint density at radius 2 is 1.05 bits per heavy atom. The van der Waals surface area contributed by atoms with Gasteiger partial charge < -0.3 is 20.1 Å². The second-order valence-corrected chi connectivity index (χ2v) is 3.89. The van der Waals surface area contributed by atoms with E-state index < -0.39 is 0 Å². The van der Waals surface area contributed by atoms with Crippen molar-refractivity contribution in [2.24, 2.45) is 0 Å². The molecule has 10 nitrogen and oxygen atoms in total. The number of nitrogens with one attached hydrogen (secondary N) is 2. The van der Waals surface area contributed by atoms with Gasteiger partial charge in [0.2, 0.25) is 11.9 Å². The highest BCUT2D eigenvalue weighted by molar-refractivity contribution is 5.32. The van der Waals surface area contributed by atoms with E-state index in [1.807, 2.05) is 6.92 Å². The summed E-state index contributed by atoms with van der Waals surface area (Å²) in [4.78, 5) is 23.6. The smallest absolute Gasteiger partial charge is 0.322 e. The van der Waals surface area contributed by atoms with Crippen molar-refractivity contribution >= 4 is 11.9 Å². The number of methoxy groups -OCH3 is 2. The third kappa shape index (κ3) is 5.31. The lowest BCUT2D eigenvalue weighted by Gasteiger charge is -2.01. The van der Waals surface area contributed by atoms with Crippen molar-refractivity contribution in [3.05, 3.63) is 11.6 Å². The molecule has 2 aromatic heterocycles. The molecule has 0 aliphatic rings. The summed E-state index contributed by atoms with van der Waals surface area (Å²) in [5.41, 5.74) is 0. The van der Waals surface area contributed by atoms with Crippen molar-refractivity contribution in [3.8, 4) is 12.0 Å². The van der Waals surface area contributed by atoms with Gasteiger partial charge >= 0.3 is 12.0 Å². The van der Waals surface area contributed by atoms with Crippen molar-refractivity contribution < 1.29 is 9.47 Å². The van der Waals surface area contributed by atoms with Crippen LogP contribution in [-0.4, -0.2) is 58.2 Å². The molecule has 0 aliphatic heterocycles. The van der Waals surface area contributed by atoms with Crippen LogP contribution < -0.4 is 20.1 Å². The molecule has 0 spiro atoms. The molecular weight excluding hydrogens is 288 g/mol. The standard InChI is InChI=1S/C6H11N5.C6H9N3O2/c1-4-9-5(7-2)11-6(8-3)10-4;1-4-7-5(10-2)9-6(8-4)11-3/h1-3H3,(H2,7,8,9,10,11);1-3H3. The Balaban J connectivity index is 0.000000220. The summed E-state index contributed by atoms with van der Waals surface area (Å²) >= 11 is 0. The predicted molar refractivity (Wildman–Crippen MR) is 81.3 cm³/mol. The summed E-state index contributed by atoms with van der Waals surface area (Å²) in [7, 11) is 6.53. The first-order valence-corrected chi connectivity index (χ1v) is 6.41. The third-order valence-electron chi connectivity index (χ3n) is 2.27. The summed E-state index contributed by atoms with van der Waals surface area (Å²) in [6.07, 6.45) is 0. The van der Waals surface area contributed by atoms with Gasteiger partial charge in [0.05, 0.1) is 14.2 Å². The summed E-state index contributed by atoms with van der Waals surface area (Å²) in [6, 6.07) is 0.545. The number of hydrogen-bond acceptors (Lipinski definition) is 10. The van der Waals surface area contributed by atoms with Crippen LogP contribution in [0.1, 0.15) is 11.6 Å². The number of aromatic nitrogens is 6. The second-order valence-electron chi connectivity index (χ2n) is 3.89. The molecule has 0 unspecified atom stereocenters. The molecule has 2 aromatic rings. The van der Waals surface area contributed by atoms with Crippen molar-refractivity contribution in [3.63, 3.8) is 0 Å². The average molecular weight is 308 g/mol. The molecule has 0 saturated heterocycles. The fraction of sp³-hybridized carbons (Fsp3) is 0.500. The number of aryl methyl sites for hydroxylation is 2. The highest BCUT2D eigenvalue weighted by Gasteiger charge is 2.01. The number of nitrogens with zero attached hydrogens (tertiary/aromatic N) is 6. The maximum atomic E-state index is 4.80. The quantitative estimate of drug-likeness (QED) is 0.824. The first-order chi connectivity index (χ1) is 10.5. The van der Waals surface area contributed by atoms with Crippen molar-refractivity contribution in [1.29, 1.82) is 0 Å². The van der Waals surface area contributed by atoms with E-state index in [4.69, 9.17) is 9.47 Å². The molecule has 10 heteroatoms. The Labute approximate surface area is 128 Å². The van der Waals surface area contributed by atoms with Crippen LogP contribution in [0.15, 0.2) is 0 Å². The summed E-state index contributed by atoms with van der Waals surface area (Å²) < 4.78 is 9.59. The number of rotatable bonds is 4. The van der Waals surface area contributed by atoms with Gasteiger partial charge in [0.25, 0.3) is 0 Å². The van der Waals surface area contributed by atoms with Crippen LogP contribution in [0, 0.1) is 13.8 Å². The van der Waals surface area contributed by atoms with E-state index in [0.29, 0.717) is 23.5 Å². The van der Waals surface area contributed by atoms with Gasteiger partial charge in [-0.3, -0.25) is 0 Å². The van der Waals surface area contributed by atoms with Crippen molar-refractivity contribution in [2.75, 3.05) is 38.9 Å². The minimum atomic E-state index is 0.273. The predicted octanol–water partition coefficient (Wildman–Crippen LogP) is 0.461. The molecule has 120 valence electrons. The molecule has 22 heavy (non-hydrogen) atoms. The Morgan fingerprint density at radius 1 is 0.636 bits per heavy atom. The number of anilines is 2. The van der Waals surface area contributed by atoms with Gasteiger partial charge in [-0.05, 0) is 13.8 Å². The molecule has 0 fully saturated rings. The largest absolute Gasteiger partial charge is 0.467 e. The highest BCUT2D eigenvalue weighted by atomic mass is 16.5. The minimum Gasteiger partial charge on any atom is -0.467 e. The molecular formula is C12H20N8O2. The van der Waals surface area contributed by atoms with Crippen molar-refractivity contribution in [1.82, 2.24) is 29.9 Å². The molecule has 0 bridgehead atoms. The van der Waals surface area contributed by atoms with Gasteiger partial charge in [0, 0.05) is 14.1 Å². The van der Waals surface area contributed by atoms with E-state index >= 15 is 0 Å². The lowest BCUT2D eigenvalue weighted by Crippen LogP contribution is -2.04. The van der Waals surface area contributed by atoms with Gasteiger partial charge in [-0.1, -0.05) is 0 Å². The molecule has 0 aromatic carbocycles. The van der Waals surface area contributed by atoms with Crippen LogP contribution in [0.25, 0.3) is 0 Å². The lowest BCUT2D eigenvalue weighted by molar-refractivity contribution is 0.337. The minimum absolute atomic E-state index is 0.273. The van der Waals surface area contributed by atoms with Crippen LogP contribution >= 0.6 is 0 Å². The monoisotopic (exact) mass is 308 g/mol. The van der Waals surface area contributed by atoms with Crippen LogP contribution in [0.5, 0.6) is 12.0 Å². The molecule has 2 heterocycles. The topological polar surface area (TPSA) is 120 Å². The maximum Gasteiger partial charge on any atom is 0.322 e. The number of ether oxygens (including phenoxy) is 2. The van der Waals surface area contributed by atoms with Crippen LogP contribution in [0.4, 0.5) is 11.9 Å². The molecule has 0 amide bonds. The summed E-state index contributed by atoms with van der Waals surface area (Å²) in [5.74, 6) is 2.45. The normalized spacial score (nSPS) is 9.36. The van der Waals surface area contributed by atoms with Gasteiger partial charge in [0.15, 0.2) is 0 Å². The van der Waals surface area contributed by atoms with Crippen LogP contribution in [-0.2, 0) is 0 Å². The second kappa shape index (κ2) is 8.49. The van der Waals surface area contributed by atoms with Gasteiger partial charge in [-0.15, -0.1) is 4.98 Å². The van der Waals surface area contributed by atoms with E-state index in [1.54, 1.807) is 21.0 Å². The summed E-state index contributed by atoms with van der Waals surface area (Å²) in [5, 5.41) is 5.68. The molecule has 0 saturated carbocycles. The van der Waals surface area contributed by atoms with E-state index in [2.05, 4.69) is 40.5 Å². The SMILES string of the molecule is CNc1nc(C)nc(NC)n1.COc1nc(C)nc(OC)n1. The lowest BCUT2D eigenvalue weighted by atomic mass is 10.7. The molecule has 0 radical (unpaired) electrons. The number of hydrogen-bond donors (Lipinski definition) is 2. The van der Waals surface area contributed by atoms with Crippen LogP contribution in [0.2, 0.25) is 0 Å². The fourth-order valence-electron chi connectivity index (χ4n) is 1.32. The van der Waals surface area contributed by atoms with Gasteiger partial charge in [-0.2, -0.15) is 24.9 Å². The Hall–Kier alpha value is -2.78. The van der Waals surface area contributed by atoms with Crippen molar-refractivity contribution in [2.45, 2.75) is 13.8 Å². The Morgan fingerprint density at radius 3 is 1.41 bits per heavy atom. The average Bonchev–Trinajstić information content (AvgIpc) is 2.53. The first-order valence-electron chi connectivity index (χ1n) is 6.41. The van der Waals surface area contributed by atoms with E-state index in [0.717, 1.165) is 0 Å². The zero-order valence-corrected chi connectivity index (χ0v) is 13.5. The third-order valence-corrected chi connectivity index (χ3v) is 2.27. The van der Waals surface area contributed by atoms with Gasteiger partial charge in [0.1, 0.15) is 11.6 Å². The maximum absolute atomic E-state index is 4.80.